The highest BCUT2D eigenvalue weighted by atomic mass is 127. The van der Waals surface area contributed by atoms with Crippen LogP contribution in [0.1, 0.15) is 34.0 Å². The van der Waals surface area contributed by atoms with Crippen LogP contribution in [-0.4, -0.2) is 37.7 Å². The van der Waals surface area contributed by atoms with Crippen molar-refractivity contribution in [1.29, 1.82) is 0 Å². The molecule has 0 aliphatic heterocycles. The van der Waals surface area contributed by atoms with E-state index < -0.39 is 0 Å². The van der Waals surface area contributed by atoms with Crippen LogP contribution in [0, 0.1) is 13.8 Å². The number of aromatic nitrogens is 1. The molecule has 0 bridgehead atoms. The number of aryl methyl sites for hydroxylation is 2. The number of nitrogens with zero attached hydrogens (tertiary/aromatic N) is 2. The molecular formula is C20H31IN4OS. The van der Waals surface area contributed by atoms with Crippen LogP contribution >= 0.6 is 35.3 Å². The SMILES string of the molecule is CN=C(NCCCCOCCc1ccccc1)NCc1nc(C)c(C)s1.I. The molecule has 1 aromatic heterocycles. The molecular weight excluding hydrogens is 471 g/mol. The van der Waals surface area contributed by atoms with E-state index in [1.165, 1.54) is 10.4 Å². The summed E-state index contributed by atoms with van der Waals surface area (Å²) in [5.41, 5.74) is 2.44. The monoisotopic (exact) mass is 502 g/mol. The minimum Gasteiger partial charge on any atom is -0.381 e. The normalized spacial score (nSPS) is 11.1. The van der Waals surface area contributed by atoms with E-state index in [0.717, 1.165) is 55.7 Å². The zero-order valence-corrected chi connectivity index (χ0v) is 19.6. The van der Waals surface area contributed by atoms with E-state index in [1.54, 1.807) is 18.4 Å². The number of rotatable bonds is 10. The summed E-state index contributed by atoms with van der Waals surface area (Å²) in [5.74, 6) is 0.820. The number of benzene rings is 1. The van der Waals surface area contributed by atoms with Gasteiger partial charge >= 0.3 is 0 Å². The molecule has 5 nitrogen and oxygen atoms in total. The minimum absolute atomic E-state index is 0. The zero-order valence-electron chi connectivity index (χ0n) is 16.5. The Morgan fingerprint density at radius 3 is 2.56 bits per heavy atom. The maximum Gasteiger partial charge on any atom is 0.191 e. The van der Waals surface area contributed by atoms with Gasteiger partial charge < -0.3 is 15.4 Å². The van der Waals surface area contributed by atoms with Crippen LogP contribution in [0.4, 0.5) is 0 Å². The van der Waals surface area contributed by atoms with Crippen LogP contribution in [0.25, 0.3) is 0 Å². The van der Waals surface area contributed by atoms with E-state index in [-0.39, 0.29) is 24.0 Å². The lowest BCUT2D eigenvalue weighted by atomic mass is 10.2. The molecule has 2 rings (SSSR count). The highest BCUT2D eigenvalue weighted by Gasteiger charge is 2.04. The van der Waals surface area contributed by atoms with Gasteiger partial charge in [0.05, 0.1) is 18.8 Å². The Morgan fingerprint density at radius 1 is 1.11 bits per heavy atom. The summed E-state index contributed by atoms with van der Waals surface area (Å²) in [4.78, 5) is 10.1. The Morgan fingerprint density at radius 2 is 1.89 bits per heavy atom. The van der Waals surface area contributed by atoms with Crippen molar-refractivity contribution >= 4 is 41.3 Å². The summed E-state index contributed by atoms with van der Waals surface area (Å²) in [6.07, 6.45) is 3.08. The van der Waals surface area contributed by atoms with Crippen molar-refractivity contribution in [1.82, 2.24) is 15.6 Å². The van der Waals surface area contributed by atoms with Gasteiger partial charge in [0, 0.05) is 25.1 Å². The fourth-order valence-corrected chi connectivity index (χ4v) is 3.34. The quantitative estimate of drug-likeness (QED) is 0.223. The summed E-state index contributed by atoms with van der Waals surface area (Å²) >= 11 is 1.73. The third-order valence-corrected chi connectivity index (χ3v) is 5.16. The lowest BCUT2D eigenvalue weighted by Crippen LogP contribution is -2.37. The van der Waals surface area contributed by atoms with Gasteiger partial charge in [0.1, 0.15) is 5.01 Å². The molecule has 0 amide bonds. The summed E-state index contributed by atoms with van der Waals surface area (Å²) in [7, 11) is 1.79. The second kappa shape index (κ2) is 13.9. The van der Waals surface area contributed by atoms with Gasteiger partial charge in [0.25, 0.3) is 0 Å². The fourth-order valence-electron chi connectivity index (χ4n) is 2.47. The average Bonchev–Trinajstić information content (AvgIpc) is 2.98. The molecule has 0 atom stereocenters. The number of halogens is 1. The molecule has 0 aliphatic rings. The molecule has 0 fully saturated rings. The van der Waals surface area contributed by atoms with E-state index in [0.29, 0.717) is 6.54 Å². The van der Waals surface area contributed by atoms with Gasteiger partial charge in [-0.2, -0.15) is 0 Å². The number of unbranched alkanes of at least 4 members (excludes halogenated alkanes) is 1. The number of hydrogen-bond acceptors (Lipinski definition) is 4. The largest absolute Gasteiger partial charge is 0.381 e. The van der Waals surface area contributed by atoms with Crippen molar-refractivity contribution in [2.75, 3.05) is 26.8 Å². The smallest absolute Gasteiger partial charge is 0.191 e. The first-order valence-electron chi connectivity index (χ1n) is 9.18. The van der Waals surface area contributed by atoms with Gasteiger partial charge in [-0.05, 0) is 38.7 Å². The Kier molecular flexibility index (Phi) is 12.3. The van der Waals surface area contributed by atoms with E-state index in [1.807, 2.05) is 13.0 Å². The van der Waals surface area contributed by atoms with Crippen molar-refractivity contribution < 1.29 is 4.74 Å². The number of thiazole rings is 1. The summed E-state index contributed by atoms with van der Waals surface area (Å²) in [5, 5.41) is 7.74. The molecule has 7 heteroatoms. The van der Waals surface area contributed by atoms with Gasteiger partial charge in [-0.25, -0.2) is 4.98 Å². The van der Waals surface area contributed by atoms with Crippen molar-refractivity contribution in [3.8, 4) is 0 Å². The number of guanidine groups is 1. The Bertz CT molecular complexity index is 656. The lowest BCUT2D eigenvalue weighted by molar-refractivity contribution is 0.133. The van der Waals surface area contributed by atoms with E-state index in [2.05, 4.69) is 51.8 Å². The Labute approximate surface area is 184 Å². The average molecular weight is 502 g/mol. The van der Waals surface area contributed by atoms with Crippen LogP contribution in [-0.2, 0) is 17.7 Å². The van der Waals surface area contributed by atoms with Crippen LogP contribution in [0.5, 0.6) is 0 Å². The fraction of sp³-hybridized carbons (Fsp3) is 0.500. The van der Waals surface area contributed by atoms with Crippen molar-refractivity contribution in [2.24, 2.45) is 4.99 Å². The maximum atomic E-state index is 5.71. The van der Waals surface area contributed by atoms with Crippen molar-refractivity contribution in [2.45, 2.75) is 39.7 Å². The molecule has 1 heterocycles. The van der Waals surface area contributed by atoms with E-state index in [4.69, 9.17) is 4.74 Å². The van der Waals surface area contributed by atoms with E-state index in [9.17, 15) is 0 Å². The highest BCUT2D eigenvalue weighted by molar-refractivity contribution is 14.0. The van der Waals surface area contributed by atoms with Crippen LogP contribution in [0.2, 0.25) is 0 Å². The van der Waals surface area contributed by atoms with Crippen LogP contribution in [0.3, 0.4) is 0 Å². The number of ether oxygens (including phenoxy) is 1. The van der Waals surface area contributed by atoms with Gasteiger partial charge in [-0.15, -0.1) is 35.3 Å². The van der Waals surface area contributed by atoms with Crippen LogP contribution in [0.15, 0.2) is 35.3 Å². The molecule has 0 saturated carbocycles. The predicted octanol–water partition coefficient (Wildman–Crippen LogP) is 4.08. The summed E-state index contributed by atoms with van der Waals surface area (Å²) < 4.78 is 5.71. The molecule has 0 saturated heterocycles. The maximum absolute atomic E-state index is 5.71. The number of nitrogens with one attached hydrogen (secondary N) is 2. The van der Waals surface area contributed by atoms with Crippen LogP contribution < -0.4 is 10.6 Å². The first kappa shape index (κ1) is 23.8. The Hall–Kier alpha value is -1.19. The van der Waals surface area contributed by atoms with Crippen molar-refractivity contribution in [3.05, 3.63) is 51.5 Å². The van der Waals surface area contributed by atoms with Crippen molar-refractivity contribution in [3.63, 3.8) is 0 Å². The second-order valence-electron chi connectivity index (χ2n) is 6.16. The van der Waals surface area contributed by atoms with Gasteiger partial charge in [-0.1, -0.05) is 30.3 Å². The molecule has 27 heavy (non-hydrogen) atoms. The third kappa shape index (κ3) is 9.53. The van der Waals surface area contributed by atoms with Gasteiger partial charge in [-0.3, -0.25) is 4.99 Å². The van der Waals surface area contributed by atoms with Gasteiger partial charge in [0.15, 0.2) is 5.96 Å². The molecule has 1 aromatic carbocycles. The minimum atomic E-state index is 0. The summed E-state index contributed by atoms with van der Waals surface area (Å²) in [6.45, 7) is 7.33. The molecule has 0 radical (unpaired) electrons. The molecule has 0 aliphatic carbocycles. The Balaban J connectivity index is 0.00000364. The molecule has 2 N–H and O–H groups in total. The molecule has 0 spiro atoms. The second-order valence-corrected chi connectivity index (χ2v) is 7.44. The first-order chi connectivity index (χ1) is 12.7. The topological polar surface area (TPSA) is 58.5 Å². The number of hydrogen-bond donors (Lipinski definition) is 2. The molecule has 0 unspecified atom stereocenters. The first-order valence-corrected chi connectivity index (χ1v) is 10.00. The third-order valence-electron chi connectivity index (χ3n) is 4.09. The highest BCUT2D eigenvalue weighted by Crippen LogP contribution is 2.15. The zero-order chi connectivity index (χ0) is 18.6. The van der Waals surface area contributed by atoms with E-state index >= 15 is 0 Å². The number of aliphatic imine (C=N–C) groups is 1. The lowest BCUT2D eigenvalue weighted by Gasteiger charge is -2.11. The molecule has 150 valence electrons. The molecule has 2 aromatic rings. The summed E-state index contributed by atoms with van der Waals surface area (Å²) in [6, 6.07) is 10.5. The standard InChI is InChI=1S/C20H30N4OS.HI/c1-16-17(2)26-19(24-16)15-23-20(21-3)22-12-7-8-13-25-14-11-18-9-5-4-6-10-18;/h4-6,9-10H,7-8,11-15H2,1-3H3,(H2,21,22,23);1H. The van der Waals surface area contributed by atoms with Gasteiger partial charge in [0.2, 0.25) is 0 Å². The predicted molar refractivity (Wildman–Crippen MR) is 125 cm³/mol.